The summed E-state index contributed by atoms with van der Waals surface area (Å²) in [7, 11) is 0. The lowest BCUT2D eigenvalue weighted by atomic mass is 10.3. The Labute approximate surface area is 103 Å². The van der Waals surface area contributed by atoms with E-state index in [4.69, 9.17) is 4.74 Å². The predicted octanol–water partition coefficient (Wildman–Crippen LogP) is 2.78. The van der Waals surface area contributed by atoms with E-state index in [9.17, 15) is 4.79 Å². The number of benzene rings is 1. The van der Waals surface area contributed by atoms with Crippen LogP contribution in [0.5, 0.6) is 0 Å². The minimum Gasteiger partial charge on any atom is -0.501 e. The second-order valence-electron chi connectivity index (χ2n) is 2.75. The maximum Gasteiger partial charge on any atom is 0.251 e. The second-order valence-corrected chi connectivity index (χ2v) is 4.00. The van der Waals surface area contributed by atoms with Gasteiger partial charge in [0.2, 0.25) is 0 Å². The molecule has 0 spiro atoms. The van der Waals surface area contributed by atoms with E-state index in [1.807, 2.05) is 31.2 Å². The van der Waals surface area contributed by atoms with Crippen molar-refractivity contribution in [2.75, 3.05) is 11.9 Å². The normalized spacial score (nSPS) is 10.3. The smallest absolute Gasteiger partial charge is 0.251 e. The quantitative estimate of drug-likeness (QED) is 0.527. The van der Waals surface area contributed by atoms with Gasteiger partial charge in [0.1, 0.15) is 0 Å². The van der Waals surface area contributed by atoms with Crippen LogP contribution in [0.2, 0.25) is 0 Å². The van der Waals surface area contributed by atoms with Gasteiger partial charge in [-0.05, 0) is 53.8 Å². The summed E-state index contributed by atoms with van der Waals surface area (Å²) in [6.07, 6.45) is 2.75. The summed E-state index contributed by atoms with van der Waals surface area (Å²) in [4.78, 5) is 11.3. The van der Waals surface area contributed by atoms with Gasteiger partial charge in [0.25, 0.3) is 5.91 Å². The molecule has 0 aliphatic heterocycles. The Kier molecular flexibility index (Phi) is 5.17. The first-order valence-electron chi connectivity index (χ1n) is 4.57. The Morgan fingerprint density at radius 1 is 1.47 bits per heavy atom. The van der Waals surface area contributed by atoms with E-state index in [2.05, 4.69) is 27.9 Å². The molecule has 0 fully saturated rings. The fraction of sp³-hybridized carbons (Fsp3) is 0.182. The van der Waals surface area contributed by atoms with Crippen LogP contribution < -0.4 is 5.32 Å². The third-order valence-electron chi connectivity index (χ3n) is 1.59. The number of halogens is 1. The first kappa shape index (κ1) is 12.0. The Bertz CT molecular complexity index is 346. The van der Waals surface area contributed by atoms with Crippen LogP contribution in [0.15, 0.2) is 36.6 Å². The van der Waals surface area contributed by atoms with Crippen LogP contribution in [0.1, 0.15) is 6.92 Å². The van der Waals surface area contributed by atoms with Gasteiger partial charge in [-0.15, -0.1) is 0 Å². The number of anilines is 1. The lowest BCUT2D eigenvalue weighted by molar-refractivity contribution is -0.112. The average Bonchev–Trinajstić information content (AvgIpc) is 2.22. The van der Waals surface area contributed by atoms with Crippen molar-refractivity contribution in [3.63, 3.8) is 0 Å². The molecule has 15 heavy (non-hydrogen) atoms. The second kappa shape index (κ2) is 6.44. The van der Waals surface area contributed by atoms with E-state index >= 15 is 0 Å². The summed E-state index contributed by atoms with van der Waals surface area (Å²) < 4.78 is 6.05. The van der Waals surface area contributed by atoms with Crippen molar-refractivity contribution < 1.29 is 9.53 Å². The van der Waals surface area contributed by atoms with Gasteiger partial charge in [-0.2, -0.15) is 0 Å². The number of hydrogen-bond donors (Lipinski definition) is 1. The van der Waals surface area contributed by atoms with E-state index in [0.29, 0.717) is 6.61 Å². The SMILES string of the molecule is CCO/C=C\C(=O)Nc1ccc(I)cc1. The number of carbonyl (C=O) groups excluding carboxylic acids is 1. The Morgan fingerprint density at radius 3 is 2.73 bits per heavy atom. The molecule has 0 unspecified atom stereocenters. The predicted molar refractivity (Wildman–Crippen MR) is 68.6 cm³/mol. The molecule has 3 nitrogen and oxygen atoms in total. The first-order chi connectivity index (χ1) is 7.22. The molecule has 0 aromatic heterocycles. The summed E-state index contributed by atoms with van der Waals surface area (Å²) in [6.45, 7) is 2.43. The lowest BCUT2D eigenvalue weighted by Gasteiger charge is -2.01. The summed E-state index contributed by atoms with van der Waals surface area (Å²) in [6, 6.07) is 7.58. The van der Waals surface area contributed by atoms with Gasteiger partial charge >= 0.3 is 0 Å². The van der Waals surface area contributed by atoms with Crippen LogP contribution in [0.25, 0.3) is 0 Å². The molecule has 0 saturated carbocycles. The fourth-order valence-electron chi connectivity index (χ4n) is 0.923. The number of ether oxygens (including phenoxy) is 1. The maximum atomic E-state index is 11.3. The minimum atomic E-state index is -0.190. The molecule has 0 aliphatic rings. The van der Waals surface area contributed by atoms with Crippen LogP contribution in [0.4, 0.5) is 5.69 Å². The van der Waals surface area contributed by atoms with E-state index < -0.39 is 0 Å². The van der Waals surface area contributed by atoms with Crippen LogP contribution in [-0.2, 0) is 9.53 Å². The molecule has 0 radical (unpaired) electrons. The Balaban J connectivity index is 2.48. The van der Waals surface area contributed by atoms with Gasteiger partial charge in [-0.1, -0.05) is 0 Å². The largest absolute Gasteiger partial charge is 0.501 e. The third kappa shape index (κ3) is 4.83. The minimum absolute atomic E-state index is 0.190. The van der Waals surface area contributed by atoms with Crippen LogP contribution in [0.3, 0.4) is 0 Å². The molecular weight excluding hydrogens is 305 g/mol. The zero-order chi connectivity index (χ0) is 11.1. The van der Waals surface area contributed by atoms with Crippen LogP contribution >= 0.6 is 22.6 Å². The highest BCUT2D eigenvalue weighted by atomic mass is 127. The molecule has 1 amide bonds. The fourth-order valence-corrected chi connectivity index (χ4v) is 1.28. The first-order valence-corrected chi connectivity index (χ1v) is 5.65. The molecule has 80 valence electrons. The third-order valence-corrected chi connectivity index (χ3v) is 2.31. The van der Waals surface area contributed by atoms with Crippen molar-refractivity contribution in [2.24, 2.45) is 0 Å². The highest BCUT2D eigenvalue weighted by Gasteiger charge is 1.96. The van der Waals surface area contributed by atoms with E-state index in [0.717, 1.165) is 9.26 Å². The summed E-state index contributed by atoms with van der Waals surface area (Å²) >= 11 is 2.21. The van der Waals surface area contributed by atoms with Crippen molar-refractivity contribution in [2.45, 2.75) is 6.92 Å². The van der Waals surface area contributed by atoms with Crippen molar-refractivity contribution in [3.8, 4) is 0 Å². The highest BCUT2D eigenvalue weighted by Crippen LogP contribution is 2.10. The van der Waals surface area contributed by atoms with E-state index in [1.54, 1.807) is 0 Å². The van der Waals surface area contributed by atoms with Crippen molar-refractivity contribution in [1.82, 2.24) is 0 Å². The van der Waals surface area contributed by atoms with Gasteiger partial charge in [-0.3, -0.25) is 4.79 Å². The number of amides is 1. The molecule has 1 rings (SSSR count). The Morgan fingerprint density at radius 2 is 2.13 bits per heavy atom. The monoisotopic (exact) mass is 317 g/mol. The maximum absolute atomic E-state index is 11.3. The van der Waals surface area contributed by atoms with Crippen molar-refractivity contribution in [1.29, 1.82) is 0 Å². The molecule has 1 aromatic carbocycles. The van der Waals surface area contributed by atoms with Crippen LogP contribution in [-0.4, -0.2) is 12.5 Å². The van der Waals surface area contributed by atoms with Gasteiger partial charge < -0.3 is 10.1 Å². The molecule has 1 aromatic rings. The van der Waals surface area contributed by atoms with Gasteiger partial charge in [0.05, 0.1) is 12.9 Å². The molecular formula is C11H12INO2. The number of carbonyl (C=O) groups is 1. The molecule has 1 N–H and O–H groups in total. The zero-order valence-corrected chi connectivity index (χ0v) is 10.5. The van der Waals surface area contributed by atoms with Crippen molar-refractivity contribution >= 4 is 34.2 Å². The summed E-state index contributed by atoms with van der Waals surface area (Å²) in [5.74, 6) is -0.190. The molecule has 0 saturated heterocycles. The van der Waals surface area contributed by atoms with Gasteiger partial charge in [0.15, 0.2) is 0 Å². The topological polar surface area (TPSA) is 38.3 Å². The molecule has 0 atom stereocenters. The molecule has 4 heteroatoms. The number of nitrogens with one attached hydrogen (secondary N) is 1. The van der Waals surface area contributed by atoms with Crippen LogP contribution in [0, 0.1) is 3.57 Å². The summed E-state index contributed by atoms with van der Waals surface area (Å²) in [5, 5.41) is 2.72. The lowest BCUT2D eigenvalue weighted by Crippen LogP contribution is -2.07. The van der Waals surface area contributed by atoms with Gasteiger partial charge in [0, 0.05) is 15.3 Å². The highest BCUT2D eigenvalue weighted by molar-refractivity contribution is 14.1. The molecule has 0 aliphatic carbocycles. The molecule has 0 bridgehead atoms. The average molecular weight is 317 g/mol. The molecule has 0 heterocycles. The van der Waals surface area contributed by atoms with Crippen molar-refractivity contribution in [3.05, 3.63) is 40.2 Å². The Hall–Kier alpha value is -1.04. The van der Waals surface area contributed by atoms with E-state index in [-0.39, 0.29) is 5.91 Å². The van der Waals surface area contributed by atoms with E-state index in [1.165, 1.54) is 12.3 Å². The van der Waals surface area contributed by atoms with Gasteiger partial charge in [-0.25, -0.2) is 0 Å². The summed E-state index contributed by atoms with van der Waals surface area (Å²) in [5.41, 5.74) is 0.779. The zero-order valence-electron chi connectivity index (χ0n) is 8.37. The number of hydrogen-bond acceptors (Lipinski definition) is 2. The standard InChI is InChI=1S/C11H12INO2/c1-2-15-8-7-11(14)13-10-5-3-9(12)4-6-10/h3-8H,2H2,1H3,(H,13,14)/b8-7-. The number of rotatable bonds is 4.